The van der Waals surface area contributed by atoms with Gasteiger partial charge in [0.2, 0.25) is 5.91 Å². The summed E-state index contributed by atoms with van der Waals surface area (Å²) in [6.07, 6.45) is 3.38. The van der Waals surface area contributed by atoms with Crippen LogP contribution in [0.5, 0.6) is 5.75 Å². The van der Waals surface area contributed by atoms with Crippen LogP contribution in [0.25, 0.3) is 5.57 Å². The Morgan fingerprint density at radius 2 is 1.67 bits per heavy atom. The van der Waals surface area contributed by atoms with E-state index in [1.807, 2.05) is 35.0 Å². The summed E-state index contributed by atoms with van der Waals surface area (Å²) in [5, 5.41) is 3.65. The highest BCUT2D eigenvalue weighted by molar-refractivity contribution is 6.03. The number of aryl methyl sites for hydroxylation is 3. The second kappa shape index (κ2) is 13.6. The van der Waals surface area contributed by atoms with E-state index in [0.717, 1.165) is 48.1 Å². The minimum atomic E-state index is -0.177. The molecule has 2 amide bonds. The molecular weight excluding hydrogens is 534 g/mol. The van der Waals surface area contributed by atoms with E-state index in [4.69, 9.17) is 4.74 Å². The molecule has 1 N–H and O–H groups in total. The molecule has 226 valence electrons. The quantitative estimate of drug-likeness (QED) is 0.315. The zero-order valence-corrected chi connectivity index (χ0v) is 26.3. The van der Waals surface area contributed by atoms with Crippen molar-refractivity contribution in [2.24, 2.45) is 0 Å². The number of amides is 2. The minimum Gasteiger partial charge on any atom is -0.493 e. The molecule has 2 atom stereocenters. The SMILES string of the molecule is CC(=O)N1CC2CC(c3ccc(CCCOc4cc(C)cc(C)c4C)cc3)=C(C(=O)N(C)CCc3ccccc3)[C@@H](C1)N2. The maximum absolute atomic E-state index is 14.0. The number of nitrogens with zero attached hydrogens (tertiary/aromatic N) is 2. The summed E-state index contributed by atoms with van der Waals surface area (Å²) in [5.74, 6) is 1.07. The molecule has 2 aliphatic heterocycles. The number of carbonyl (C=O) groups excluding carboxylic acids is 2. The Morgan fingerprint density at radius 3 is 2.40 bits per heavy atom. The van der Waals surface area contributed by atoms with Gasteiger partial charge in [-0.2, -0.15) is 0 Å². The molecule has 1 fully saturated rings. The van der Waals surface area contributed by atoms with Gasteiger partial charge in [-0.25, -0.2) is 0 Å². The van der Waals surface area contributed by atoms with E-state index in [-0.39, 0.29) is 23.9 Å². The maximum Gasteiger partial charge on any atom is 0.251 e. The highest BCUT2D eigenvalue weighted by atomic mass is 16.5. The van der Waals surface area contributed by atoms with Gasteiger partial charge in [0.1, 0.15) is 5.75 Å². The van der Waals surface area contributed by atoms with Crippen LogP contribution in [0.1, 0.15) is 53.1 Å². The molecule has 0 aliphatic carbocycles. The Labute approximate surface area is 256 Å². The average molecular weight is 580 g/mol. The number of benzene rings is 3. The average Bonchev–Trinajstić information content (AvgIpc) is 3.00. The van der Waals surface area contributed by atoms with Gasteiger partial charge >= 0.3 is 0 Å². The first-order valence-corrected chi connectivity index (χ1v) is 15.5. The molecule has 5 rings (SSSR count). The van der Waals surface area contributed by atoms with E-state index >= 15 is 0 Å². The Bertz CT molecular complexity index is 1480. The summed E-state index contributed by atoms with van der Waals surface area (Å²) in [4.78, 5) is 30.0. The predicted molar refractivity (Wildman–Crippen MR) is 173 cm³/mol. The van der Waals surface area contributed by atoms with Crippen molar-refractivity contribution in [1.82, 2.24) is 15.1 Å². The molecule has 0 spiro atoms. The van der Waals surface area contributed by atoms with Crippen molar-refractivity contribution in [2.75, 3.05) is 33.3 Å². The number of piperazine rings is 1. The van der Waals surface area contributed by atoms with E-state index in [1.165, 1.54) is 27.8 Å². The zero-order chi connectivity index (χ0) is 30.5. The van der Waals surface area contributed by atoms with Gasteiger partial charge in [-0.05, 0) is 91.5 Å². The van der Waals surface area contributed by atoms with Crippen molar-refractivity contribution >= 4 is 17.4 Å². The van der Waals surface area contributed by atoms with Crippen LogP contribution in [0.4, 0.5) is 0 Å². The number of hydrogen-bond donors (Lipinski definition) is 1. The second-order valence-electron chi connectivity index (χ2n) is 12.3. The fourth-order valence-electron chi connectivity index (χ4n) is 6.35. The smallest absolute Gasteiger partial charge is 0.251 e. The Hall–Kier alpha value is -3.90. The summed E-state index contributed by atoms with van der Waals surface area (Å²) in [7, 11) is 1.89. The summed E-state index contributed by atoms with van der Waals surface area (Å²) in [6.45, 7) is 10.5. The van der Waals surface area contributed by atoms with Crippen LogP contribution >= 0.6 is 0 Å². The molecule has 2 heterocycles. The van der Waals surface area contributed by atoms with Gasteiger partial charge in [0.05, 0.1) is 12.6 Å². The van der Waals surface area contributed by atoms with Crippen LogP contribution in [-0.4, -0.2) is 67.0 Å². The van der Waals surface area contributed by atoms with Crippen LogP contribution in [0, 0.1) is 20.8 Å². The van der Waals surface area contributed by atoms with Crippen molar-refractivity contribution in [3.05, 3.63) is 106 Å². The van der Waals surface area contributed by atoms with E-state index < -0.39 is 0 Å². The third-order valence-electron chi connectivity index (χ3n) is 8.94. The number of carbonyl (C=O) groups is 2. The van der Waals surface area contributed by atoms with Crippen LogP contribution in [0.2, 0.25) is 0 Å². The van der Waals surface area contributed by atoms with Gasteiger partial charge in [0.15, 0.2) is 0 Å². The van der Waals surface area contributed by atoms with Crippen molar-refractivity contribution in [1.29, 1.82) is 0 Å². The number of ether oxygens (including phenoxy) is 1. The number of fused-ring (bicyclic) bond motifs is 2. The van der Waals surface area contributed by atoms with E-state index in [9.17, 15) is 9.59 Å². The number of likely N-dealkylation sites (N-methyl/N-ethyl adjacent to an activating group) is 1. The topological polar surface area (TPSA) is 61.9 Å². The Morgan fingerprint density at radius 1 is 0.953 bits per heavy atom. The zero-order valence-electron chi connectivity index (χ0n) is 26.3. The van der Waals surface area contributed by atoms with Gasteiger partial charge < -0.3 is 19.9 Å². The summed E-state index contributed by atoms with van der Waals surface area (Å²) in [6, 6.07) is 23.2. The highest BCUT2D eigenvalue weighted by Gasteiger charge is 2.39. The highest BCUT2D eigenvalue weighted by Crippen LogP contribution is 2.34. The third-order valence-corrected chi connectivity index (χ3v) is 8.94. The lowest BCUT2D eigenvalue weighted by molar-refractivity contribution is -0.132. The summed E-state index contributed by atoms with van der Waals surface area (Å²) < 4.78 is 6.13. The molecule has 0 aromatic heterocycles. The molecule has 0 radical (unpaired) electrons. The Kier molecular flexibility index (Phi) is 9.66. The molecule has 3 aromatic rings. The molecule has 0 saturated carbocycles. The minimum absolute atomic E-state index is 0.0372. The van der Waals surface area contributed by atoms with Gasteiger partial charge in [0.25, 0.3) is 5.91 Å². The second-order valence-corrected chi connectivity index (χ2v) is 12.3. The first-order valence-electron chi connectivity index (χ1n) is 15.5. The number of nitrogens with one attached hydrogen (secondary N) is 1. The summed E-state index contributed by atoms with van der Waals surface area (Å²) >= 11 is 0. The maximum atomic E-state index is 14.0. The Balaban J connectivity index is 1.30. The van der Waals surface area contributed by atoms with Crippen molar-refractivity contribution in [3.8, 4) is 5.75 Å². The molecule has 3 aromatic carbocycles. The van der Waals surface area contributed by atoms with Gasteiger partial charge in [-0.3, -0.25) is 9.59 Å². The first-order chi connectivity index (χ1) is 20.7. The molecule has 1 unspecified atom stereocenters. The lowest BCUT2D eigenvalue weighted by atomic mass is 9.82. The third kappa shape index (κ3) is 7.37. The lowest BCUT2D eigenvalue weighted by Crippen LogP contribution is -2.61. The van der Waals surface area contributed by atoms with E-state index in [0.29, 0.717) is 26.2 Å². The largest absolute Gasteiger partial charge is 0.493 e. The standard InChI is InChI=1S/C37H45N3O3/c1-25-20-26(2)27(3)35(21-25)43-19-9-12-30-13-15-31(16-14-30)33-22-32-23-40(28(4)41)24-34(38-32)36(33)37(42)39(5)18-17-29-10-7-6-8-11-29/h6-8,10-11,13-16,20-21,32,34,38H,9,12,17-19,22-24H2,1-5H3/t32?,34-/m1/s1. The van der Waals surface area contributed by atoms with Crippen LogP contribution in [0.15, 0.2) is 72.3 Å². The van der Waals surface area contributed by atoms with Crippen LogP contribution < -0.4 is 10.1 Å². The molecule has 1 saturated heterocycles. The number of rotatable bonds is 10. The fourth-order valence-corrected chi connectivity index (χ4v) is 6.35. The monoisotopic (exact) mass is 579 g/mol. The van der Waals surface area contributed by atoms with Crippen molar-refractivity contribution in [2.45, 2.75) is 65.5 Å². The van der Waals surface area contributed by atoms with Gasteiger partial charge in [-0.15, -0.1) is 0 Å². The van der Waals surface area contributed by atoms with Crippen LogP contribution in [-0.2, 0) is 22.4 Å². The van der Waals surface area contributed by atoms with Gasteiger partial charge in [0, 0.05) is 45.2 Å². The molecule has 2 aliphatic rings. The lowest BCUT2D eigenvalue weighted by Gasteiger charge is -2.44. The molecular formula is C37H45N3O3. The van der Waals surface area contributed by atoms with Crippen LogP contribution in [0.3, 0.4) is 0 Å². The summed E-state index contributed by atoms with van der Waals surface area (Å²) in [5.41, 5.74) is 9.15. The predicted octanol–water partition coefficient (Wildman–Crippen LogP) is 5.67. The molecule has 2 bridgehead atoms. The molecule has 6 heteroatoms. The molecule has 6 nitrogen and oxygen atoms in total. The first kappa shape index (κ1) is 30.6. The molecule has 43 heavy (non-hydrogen) atoms. The van der Waals surface area contributed by atoms with Crippen molar-refractivity contribution < 1.29 is 14.3 Å². The van der Waals surface area contributed by atoms with Gasteiger partial charge in [-0.1, -0.05) is 60.7 Å². The van der Waals surface area contributed by atoms with E-state index in [1.54, 1.807) is 6.92 Å². The number of hydrogen-bond acceptors (Lipinski definition) is 4. The normalized spacial score (nSPS) is 18.0. The van der Waals surface area contributed by atoms with Crippen molar-refractivity contribution in [3.63, 3.8) is 0 Å². The van der Waals surface area contributed by atoms with E-state index in [2.05, 4.69) is 74.6 Å². The fraction of sp³-hybridized carbons (Fsp3) is 0.405.